The van der Waals surface area contributed by atoms with Gasteiger partial charge in [-0.15, -0.1) is 0 Å². The summed E-state index contributed by atoms with van der Waals surface area (Å²) in [5.74, 6) is 0.503. The second-order valence-corrected chi connectivity index (χ2v) is 8.06. The molecule has 6 heteroatoms. The third-order valence-corrected chi connectivity index (χ3v) is 5.41. The minimum absolute atomic E-state index is 0.122. The van der Waals surface area contributed by atoms with Crippen LogP contribution in [0.1, 0.15) is 50.1 Å². The Kier molecular flexibility index (Phi) is 4.89. The first-order chi connectivity index (χ1) is 11.8. The van der Waals surface area contributed by atoms with Crippen LogP contribution in [0.25, 0.3) is 0 Å². The van der Waals surface area contributed by atoms with E-state index in [4.69, 9.17) is 0 Å². The number of likely N-dealkylation sites (tertiary alicyclic amines) is 1. The molecule has 0 radical (unpaired) electrons. The van der Waals surface area contributed by atoms with Crippen LogP contribution in [-0.4, -0.2) is 50.5 Å². The predicted molar refractivity (Wildman–Crippen MR) is 95.8 cm³/mol. The van der Waals surface area contributed by atoms with Crippen molar-refractivity contribution in [1.82, 2.24) is 19.6 Å². The quantitative estimate of drug-likeness (QED) is 0.792. The highest BCUT2D eigenvalue weighted by atomic mass is 16.2. The minimum Gasteiger partial charge on any atom is -0.342 e. The van der Waals surface area contributed by atoms with Gasteiger partial charge in [0.1, 0.15) is 0 Å². The van der Waals surface area contributed by atoms with E-state index in [0.29, 0.717) is 31.5 Å². The Labute approximate surface area is 150 Å². The largest absolute Gasteiger partial charge is 0.342 e. The molecule has 0 aromatic carbocycles. The maximum atomic E-state index is 13.2. The molecule has 1 aliphatic carbocycles. The Bertz CT molecular complexity index is 675. The van der Waals surface area contributed by atoms with Crippen molar-refractivity contribution in [2.75, 3.05) is 13.1 Å². The fourth-order valence-electron chi connectivity index (χ4n) is 3.78. The van der Waals surface area contributed by atoms with Gasteiger partial charge in [-0.2, -0.15) is 5.10 Å². The van der Waals surface area contributed by atoms with Gasteiger partial charge in [0.15, 0.2) is 0 Å². The Morgan fingerprint density at radius 2 is 2.00 bits per heavy atom. The lowest BCUT2D eigenvalue weighted by atomic mass is 10.1. The van der Waals surface area contributed by atoms with Crippen molar-refractivity contribution in [3.05, 3.63) is 17.0 Å². The van der Waals surface area contributed by atoms with Gasteiger partial charge in [-0.3, -0.25) is 14.3 Å². The van der Waals surface area contributed by atoms with Crippen LogP contribution in [0.5, 0.6) is 0 Å². The van der Waals surface area contributed by atoms with Crippen molar-refractivity contribution >= 4 is 11.8 Å². The van der Waals surface area contributed by atoms with Gasteiger partial charge < -0.3 is 9.80 Å². The highest BCUT2D eigenvalue weighted by molar-refractivity contribution is 5.89. The van der Waals surface area contributed by atoms with E-state index in [9.17, 15) is 9.59 Å². The summed E-state index contributed by atoms with van der Waals surface area (Å²) in [6.45, 7) is 10.2. The third-order valence-electron chi connectivity index (χ3n) is 5.41. The summed E-state index contributed by atoms with van der Waals surface area (Å²) in [7, 11) is 1.94. The van der Waals surface area contributed by atoms with Crippen molar-refractivity contribution < 1.29 is 9.59 Å². The van der Waals surface area contributed by atoms with Crippen LogP contribution in [0.4, 0.5) is 0 Å². The summed E-state index contributed by atoms with van der Waals surface area (Å²) in [5, 5.41) is 4.47. The van der Waals surface area contributed by atoms with E-state index in [0.717, 1.165) is 36.3 Å². The highest BCUT2D eigenvalue weighted by Gasteiger charge is 2.41. The molecule has 138 valence electrons. The monoisotopic (exact) mass is 346 g/mol. The van der Waals surface area contributed by atoms with Crippen molar-refractivity contribution in [3.63, 3.8) is 0 Å². The number of rotatable bonds is 6. The zero-order valence-corrected chi connectivity index (χ0v) is 16.1. The minimum atomic E-state index is -0.191. The van der Waals surface area contributed by atoms with Crippen molar-refractivity contribution in [2.24, 2.45) is 18.9 Å². The van der Waals surface area contributed by atoms with Crippen LogP contribution in [0.2, 0.25) is 0 Å². The topological polar surface area (TPSA) is 58.4 Å². The molecule has 6 nitrogen and oxygen atoms in total. The average Bonchev–Trinajstić information content (AvgIpc) is 3.26. The molecule has 0 spiro atoms. The summed E-state index contributed by atoms with van der Waals surface area (Å²) in [6.07, 6.45) is 2.50. The molecule has 1 atom stereocenters. The lowest BCUT2D eigenvalue weighted by Gasteiger charge is -2.26. The lowest BCUT2D eigenvalue weighted by Crippen LogP contribution is -2.39. The molecule has 1 saturated heterocycles. The SMILES string of the molecule is Cc1nn(C)c(C)c1CN(C(=O)[C@@H]1CC(=O)N(CC(C)C)C1)C1CC1. The summed E-state index contributed by atoms with van der Waals surface area (Å²) in [6, 6.07) is 0.334. The van der Waals surface area contributed by atoms with E-state index < -0.39 is 0 Å². The number of aromatic nitrogens is 2. The second-order valence-electron chi connectivity index (χ2n) is 8.06. The molecule has 1 aromatic heterocycles. The van der Waals surface area contributed by atoms with Gasteiger partial charge >= 0.3 is 0 Å². The fraction of sp³-hybridized carbons (Fsp3) is 0.737. The van der Waals surface area contributed by atoms with Gasteiger partial charge in [-0.05, 0) is 32.6 Å². The molecule has 3 rings (SSSR count). The van der Waals surface area contributed by atoms with Crippen LogP contribution in [0.15, 0.2) is 0 Å². The lowest BCUT2D eigenvalue weighted by molar-refractivity contribution is -0.137. The van der Waals surface area contributed by atoms with Crippen molar-refractivity contribution in [1.29, 1.82) is 0 Å². The Morgan fingerprint density at radius 3 is 2.52 bits per heavy atom. The number of aryl methyl sites for hydroxylation is 2. The molecule has 0 N–H and O–H groups in total. The van der Waals surface area contributed by atoms with E-state index in [-0.39, 0.29) is 17.7 Å². The maximum Gasteiger partial charge on any atom is 0.228 e. The fourth-order valence-corrected chi connectivity index (χ4v) is 3.78. The van der Waals surface area contributed by atoms with Crippen molar-refractivity contribution in [2.45, 2.75) is 59.5 Å². The van der Waals surface area contributed by atoms with Gasteiger partial charge in [0, 0.05) is 50.4 Å². The van der Waals surface area contributed by atoms with Gasteiger partial charge in [-0.25, -0.2) is 0 Å². The van der Waals surface area contributed by atoms with E-state index in [2.05, 4.69) is 18.9 Å². The van der Waals surface area contributed by atoms with E-state index in [1.807, 2.05) is 35.4 Å². The van der Waals surface area contributed by atoms with Crippen LogP contribution in [0, 0.1) is 25.7 Å². The molecule has 2 aliphatic rings. The van der Waals surface area contributed by atoms with Crippen LogP contribution >= 0.6 is 0 Å². The molecule has 2 heterocycles. The Morgan fingerprint density at radius 1 is 1.32 bits per heavy atom. The van der Waals surface area contributed by atoms with Gasteiger partial charge in [0.2, 0.25) is 11.8 Å². The standard InChI is InChI=1S/C19H30N4O2/c1-12(2)9-22-10-15(8-18(22)24)19(25)23(16-6-7-16)11-17-13(3)20-21(5)14(17)4/h12,15-16H,6-11H2,1-5H3/t15-/m1/s1. The molecule has 2 amide bonds. The van der Waals surface area contributed by atoms with Crippen molar-refractivity contribution in [3.8, 4) is 0 Å². The molecule has 1 aliphatic heterocycles. The molecule has 0 unspecified atom stereocenters. The molecule has 1 aromatic rings. The number of hydrogen-bond donors (Lipinski definition) is 0. The van der Waals surface area contributed by atoms with E-state index in [1.165, 1.54) is 0 Å². The molecular weight excluding hydrogens is 316 g/mol. The molecule has 25 heavy (non-hydrogen) atoms. The van der Waals surface area contributed by atoms with Gasteiger partial charge in [-0.1, -0.05) is 13.8 Å². The first-order valence-corrected chi connectivity index (χ1v) is 9.35. The Balaban J connectivity index is 1.73. The van der Waals surface area contributed by atoms with E-state index >= 15 is 0 Å². The maximum absolute atomic E-state index is 13.2. The summed E-state index contributed by atoms with van der Waals surface area (Å²) >= 11 is 0. The normalized spacial score (nSPS) is 20.6. The van der Waals surface area contributed by atoms with Gasteiger partial charge in [0.25, 0.3) is 0 Å². The Hall–Kier alpha value is -1.85. The molecular formula is C19H30N4O2. The molecule has 0 bridgehead atoms. The summed E-state index contributed by atoms with van der Waals surface area (Å²) < 4.78 is 1.88. The summed E-state index contributed by atoms with van der Waals surface area (Å²) in [5.41, 5.74) is 3.24. The average molecular weight is 346 g/mol. The number of hydrogen-bond acceptors (Lipinski definition) is 3. The highest BCUT2D eigenvalue weighted by Crippen LogP contribution is 2.33. The number of amides is 2. The summed E-state index contributed by atoms with van der Waals surface area (Å²) in [4.78, 5) is 29.3. The second kappa shape index (κ2) is 6.81. The molecule has 2 fully saturated rings. The van der Waals surface area contributed by atoms with Crippen LogP contribution in [-0.2, 0) is 23.2 Å². The first kappa shape index (κ1) is 18.0. The molecule has 1 saturated carbocycles. The zero-order chi connectivity index (χ0) is 18.3. The zero-order valence-electron chi connectivity index (χ0n) is 16.1. The number of carbonyl (C=O) groups excluding carboxylic acids is 2. The van der Waals surface area contributed by atoms with Crippen LogP contribution in [0.3, 0.4) is 0 Å². The van der Waals surface area contributed by atoms with Crippen LogP contribution < -0.4 is 0 Å². The number of carbonyl (C=O) groups is 2. The smallest absolute Gasteiger partial charge is 0.228 e. The first-order valence-electron chi connectivity index (χ1n) is 9.35. The van der Waals surface area contributed by atoms with E-state index in [1.54, 1.807) is 0 Å². The predicted octanol–water partition coefficient (Wildman–Crippen LogP) is 2.03. The number of nitrogens with zero attached hydrogens (tertiary/aromatic N) is 4. The third kappa shape index (κ3) is 3.72. The van der Waals surface area contributed by atoms with Gasteiger partial charge in [0.05, 0.1) is 11.6 Å².